The third kappa shape index (κ3) is 3.78. The Morgan fingerprint density at radius 3 is 2.74 bits per heavy atom. The zero-order valence-corrected chi connectivity index (χ0v) is 15.8. The highest BCUT2D eigenvalue weighted by Gasteiger charge is 2.29. The molecule has 3 amide bonds. The largest absolute Gasteiger partial charge is 0.374 e. The number of nitrogens with one attached hydrogen (secondary N) is 2. The molecule has 4 rings (SSSR count). The summed E-state index contributed by atoms with van der Waals surface area (Å²) in [7, 11) is 0. The summed E-state index contributed by atoms with van der Waals surface area (Å²) in [6.45, 7) is 2.70. The van der Waals surface area contributed by atoms with Crippen molar-refractivity contribution in [3.05, 3.63) is 59.1 Å². The SMILES string of the molecule is C[C@@H](Nc1ccc(Cc2nc3ccccc3s2)cc1)C(=O)N1CCNC1=O. The van der Waals surface area contributed by atoms with Gasteiger partial charge >= 0.3 is 6.03 Å². The molecule has 0 radical (unpaired) electrons. The minimum Gasteiger partial charge on any atom is -0.374 e. The smallest absolute Gasteiger partial charge is 0.324 e. The number of fused-ring (bicyclic) bond motifs is 1. The van der Waals surface area contributed by atoms with E-state index < -0.39 is 6.04 Å². The number of carbonyl (C=O) groups is 2. The van der Waals surface area contributed by atoms with E-state index in [1.165, 1.54) is 9.60 Å². The van der Waals surface area contributed by atoms with Crippen LogP contribution >= 0.6 is 11.3 Å². The zero-order valence-electron chi connectivity index (χ0n) is 14.9. The average molecular weight is 380 g/mol. The molecule has 1 fully saturated rings. The van der Waals surface area contributed by atoms with E-state index in [-0.39, 0.29) is 11.9 Å². The van der Waals surface area contributed by atoms with Crippen molar-refractivity contribution in [1.29, 1.82) is 0 Å². The minimum absolute atomic E-state index is 0.219. The van der Waals surface area contributed by atoms with Gasteiger partial charge in [0.15, 0.2) is 0 Å². The highest BCUT2D eigenvalue weighted by atomic mass is 32.1. The quantitative estimate of drug-likeness (QED) is 0.713. The molecule has 1 saturated heterocycles. The van der Waals surface area contributed by atoms with Crippen LogP contribution in [0.1, 0.15) is 17.5 Å². The molecular weight excluding hydrogens is 360 g/mol. The van der Waals surface area contributed by atoms with Gasteiger partial charge in [0.2, 0.25) is 0 Å². The van der Waals surface area contributed by atoms with Gasteiger partial charge in [0, 0.05) is 25.2 Å². The first kappa shape index (κ1) is 17.5. The van der Waals surface area contributed by atoms with Gasteiger partial charge in [-0.05, 0) is 36.8 Å². The number of benzene rings is 2. The highest BCUT2D eigenvalue weighted by molar-refractivity contribution is 7.18. The predicted octanol–water partition coefficient (Wildman–Crippen LogP) is 3.24. The van der Waals surface area contributed by atoms with E-state index in [0.717, 1.165) is 28.2 Å². The molecule has 0 spiro atoms. The fourth-order valence-electron chi connectivity index (χ4n) is 3.12. The Balaban J connectivity index is 1.39. The standard InChI is InChI=1S/C20H20N4O2S/c1-13(19(25)24-11-10-21-20(24)26)22-15-8-6-14(7-9-15)12-18-23-16-4-2-3-5-17(16)27-18/h2-9,13,22H,10-12H2,1H3,(H,21,26)/t13-/m1/s1. The van der Waals surface area contributed by atoms with E-state index in [4.69, 9.17) is 0 Å². The van der Waals surface area contributed by atoms with Crippen molar-refractivity contribution in [1.82, 2.24) is 15.2 Å². The Labute approximate surface area is 161 Å². The Kier molecular flexibility index (Phi) is 4.77. The Hall–Kier alpha value is -2.93. The average Bonchev–Trinajstić information content (AvgIpc) is 3.28. The predicted molar refractivity (Wildman–Crippen MR) is 107 cm³/mol. The number of imide groups is 1. The molecule has 2 N–H and O–H groups in total. The number of anilines is 1. The molecule has 27 heavy (non-hydrogen) atoms. The Morgan fingerprint density at radius 1 is 1.26 bits per heavy atom. The lowest BCUT2D eigenvalue weighted by Gasteiger charge is -2.19. The maximum absolute atomic E-state index is 12.3. The summed E-state index contributed by atoms with van der Waals surface area (Å²) < 4.78 is 1.20. The summed E-state index contributed by atoms with van der Waals surface area (Å²) in [5.74, 6) is -0.219. The van der Waals surface area contributed by atoms with Crippen LogP contribution in [0.5, 0.6) is 0 Å². The number of urea groups is 1. The first-order valence-corrected chi connectivity index (χ1v) is 9.71. The number of nitrogens with zero attached hydrogens (tertiary/aromatic N) is 2. The van der Waals surface area contributed by atoms with Gasteiger partial charge in [0.1, 0.15) is 6.04 Å². The molecule has 0 aliphatic carbocycles. The molecule has 138 valence electrons. The summed E-state index contributed by atoms with van der Waals surface area (Å²) in [5.41, 5.74) is 3.05. The van der Waals surface area contributed by atoms with Crippen LogP contribution in [-0.2, 0) is 11.2 Å². The Morgan fingerprint density at radius 2 is 2.04 bits per heavy atom. The number of thiazole rings is 1. The van der Waals surface area contributed by atoms with Crippen LogP contribution in [0.15, 0.2) is 48.5 Å². The van der Waals surface area contributed by atoms with Crippen LogP contribution in [0, 0.1) is 0 Å². The normalized spacial score (nSPS) is 15.0. The van der Waals surface area contributed by atoms with Crippen molar-refractivity contribution in [3.8, 4) is 0 Å². The summed E-state index contributed by atoms with van der Waals surface area (Å²) in [6.07, 6.45) is 0.780. The van der Waals surface area contributed by atoms with Crippen LogP contribution in [0.4, 0.5) is 10.5 Å². The maximum Gasteiger partial charge on any atom is 0.324 e. The monoisotopic (exact) mass is 380 g/mol. The molecule has 0 saturated carbocycles. The van der Waals surface area contributed by atoms with Gasteiger partial charge in [0.25, 0.3) is 5.91 Å². The fraction of sp³-hybridized carbons (Fsp3) is 0.250. The van der Waals surface area contributed by atoms with E-state index in [1.54, 1.807) is 18.3 Å². The lowest BCUT2D eigenvalue weighted by molar-refractivity contribution is -0.128. The molecule has 0 unspecified atom stereocenters. The van der Waals surface area contributed by atoms with Crippen molar-refractivity contribution in [2.24, 2.45) is 0 Å². The number of rotatable bonds is 5. The van der Waals surface area contributed by atoms with Crippen molar-refractivity contribution < 1.29 is 9.59 Å². The lowest BCUT2D eigenvalue weighted by atomic mass is 10.1. The number of aromatic nitrogens is 1. The van der Waals surface area contributed by atoms with E-state index >= 15 is 0 Å². The molecule has 3 aromatic rings. The van der Waals surface area contributed by atoms with E-state index in [2.05, 4.69) is 21.7 Å². The zero-order chi connectivity index (χ0) is 18.8. The second kappa shape index (κ2) is 7.36. The molecule has 6 nitrogen and oxygen atoms in total. The lowest BCUT2D eigenvalue weighted by Crippen LogP contribution is -2.43. The molecule has 1 aliphatic heterocycles. The second-order valence-corrected chi connectivity index (χ2v) is 7.65. The molecule has 1 aromatic heterocycles. The molecule has 1 aliphatic rings. The van der Waals surface area contributed by atoms with Gasteiger partial charge in [-0.1, -0.05) is 24.3 Å². The molecular formula is C20H20N4O2S. The van der Waals surface area contributed by atoms with E-state index in [0.29, 0.717) is 13.1 Å². The topological polar surface area (TPSA) is 74.3 Å². The van der Waals surface area contributed by atoms with Crippen LogP contribution in [0.3, 0.4) is 0 Å². The summed E-state index contributed by atoms with van der Waals surface area (Å²) >= 11 is 1.71. The van der Waals surface area contributed by atoms with Crippen LogP contribution in [0.2, 0.25) is 0 Å². The Bertz CT molecular complexity index is 950. The van der Waals surface area contributed by atoms with Gasteiger partial charge in [-0.3, -0.25) is 9.69 Å². The number of hydrogen-bond acceptors (Lipinski definition) is 5. The third-order valence-corrected chi connectivity index (χ3v) is 5.56. The van der Waals surface area contributed by atoms with E-state index in [1.807, 2.05) is 42.5 Å². The number of carbonyl (C=O) groups excluding carboxylic acids is 2. The highest BCUT2D eigenvalue weighted by Crippen LogP contribution is 2.24. The van der Waals surface area contributed by atoms with Gasteiger partial charge in [-0.2, -0.15) is 0 Å². The fourth-order valence-corrected chi connectivity index (χ4v) is 4.12. The molecule has 2 aromatic carbocycles. The first-order valence-electron chi connectivity index (χ1n) is 8.89. The summed E-state index contributed by atoms with van der Waals surface area (Å²) in [5, 5.41) is 6.89. The van der Waals surface area contributed by atoms with Gasteiger partial charge in [-0.25, -0.2) is 9.78 Å². The van der Waals surface area contributed by atoms with Gasteiger partial charge in [-0.15, -0.1) is 11.3 Å². The van der Waals surface area contributed by atoms with Crippen LogP contribution in [-0.4, -0.2) is 41.0 Å². The summed E-state index contributed by atoms with van der Waals surface area (Å²) in [4.78, 5) is 29.9. The minimum atomic E-state index is -0.469. The van der Waals surface area contributed by atoms with Crippen molar-refractivity contribution in [2.45, 2.75) is 19.4 Å². The van der Waals surface area contributed by atoms with Crippen LogP contribution < -0.4 is 10.6 Å². The summed E-state index contributed by atoms with van der Waals surface area (Å²) in [6, 6.07) is 15.3. The number of amides is 3. The number of hydrogen-bond donors (Lipinski definition) is 2. The first-order chi connectivity index (χ1) is 13.1. The van der Waals surface area contributed by atoms with Gasteiger partial charge < -0.3 is 10.6 Å². The molecule has 1 atom stereocenters. The number of para-hydroxylation sites is 1. The van der Waals surface area contributed by atoms with Crippen molar-refractivity contribution >= 4 is 39.2 Å². The van der Waals surface area contributed by atoms with Crippen molar-refractivity contribution in [2.75, 3.05) is 18.4 Å². The van der Waals surface area contributed by atoms with Crippen LogP contribution in [0.25, 0.3) is 10.2 Å². The maximum atomic E-state index is 12.3. The molecule has 7 heteroatoms. The molecule has 0 bridgehead atoms. The van der Waals surface area contributed by atoms with Crippen molar-refractivity contribution in [3.63, 3.8) is 0 Å². The van der Waals surface area contributed by atoms with Gasteiger partial charge in [0.05, 0.1) is 15.2 Å². The molecule has 2 heterocycles. The van der Waals surface area contributed by atoms with E-state index in [9.17, 15) is 9.59 Å². The third-order valence-electron chi connectivity index (χ3n) is 4.52. The second-order valence-electron chi connectivity index (χ2n) is 6.54.